The number of fused-ring (bicyclic) bond motifs is 1. The van der Waals surface area contributed by atoms with Crippen molar-refractivity contribution in [1.29, 1.82) is 0 Å². The molecule has 0 saturated carbocycles. The van der Waals surface area contributed by atoms with E-state index in [9.17, 15) is 9.59 Å². The topological polar surface area (TPSA) is 61.4 Å². The van der Waals surface area contributed by atoms with Crippen LogP contribution >= 0.6 is 0 Å². The molecule has 5 nitrogen and oxygen atoms in total. The number of nitrogens with zero attached hydrogens (tertiary/aromatic N) is 1. The van der Waals surface area contributed by atoms with Gasteiger partial charge >= 0.3 is 11.7 Å². The molecule has 19 heavy (non-hydrogen) atoms. The van der Waals surface area contributed by atoms with Crippen molar-refractivity contribution in [2.75, 3.05) is 6.61 Å². The largest absolute Gasteiger partial charge is 0.464 e. The first-order chi connectivity index (χ1) is 9.19. The predicted octanol–water partition coefficient (Wildman–Crippen LogP) is 2.50. The molecule has 5 heteroatoms. The number of aromatic nitrogens is 1. The lowest BCUT2D eigenvalue weighted by molar-refractivity contribution is -0.147. The number of benzene rings is 1. The molecule has 2 rings (SSSR count). The molecule has 102 valence electrons. The Balaban J connectivity index is 2.43. The van der Waals surface area contributed by atoms with Crippen LogP contribution in [0.5, 0.6) is 0 Å². The predicted molar refractivity (Wildman–Crippen MR) is 71.1 cm³/mol. The molecule has 1 aromatic carbocycles. The molecular weight excluding hydrogens is 246 g/mol. The van der Waals surface area contributed by atoms with E-state index in [0.717, 1.165) is 6.42 Å². The molecule has 1 atom stereocenters. The summed E-state index contributed by atoms with van der Waals surface area (Å²) in [5.41, 5.74) is 1.10. The van der Waals surface area contributed by atoms with Crippen LogP contribution in [0.25, 0.3) is 11.1 Å². The van der Waals surface area contributed by atoms with Gasteiger partial charge in [-0.3, -0.25) is 4.57 Å². The SMILES string of the molecule is CCCOC(=O)C(CC)n1c(=O)oc2ccccc21. The second kappa shape index (κ2) is 5.73. The highest BCUT2D eigenvalue weighted by molar-refractivity contribution is 5.79. The molecule has 0 amide bonds. The number of para-hydroxylation sites is 2. The van der Waals surface area contributed by atoms with Gasteiger partial charge in [-0.05, 0) is 25.0 Å². The van der Waals surface area contributed by atoms with Crippen molar-refractivity contribution in [2.24, 2.45) is 0 Å². The Morgan fingerprint density at radius 2 is 2.11 bits per heavy atom. The number of carbonyl (C=O) groups excluding carboxylic acids is 1. The average Bonchev–Trinajstić information content (AvgIpc) is 2.74. The molecule has 1 heterocycles. The normalized spacial score (nSPS) is 12.5. The zero-order chi connectivity index (χ0) is 13.8. The van der Waals surface area contributed by atoms with Crippen molar-refractivity contribution in [3.63, 3.8) is 0 Å². The molecule has 0 fully saturated rings. The fraction of sp³-hybridized carbons (Fsp3) is 0.429. The van der Waals surface area contributed by atoms with E-state index in [1.54, 1.807) is 24.3 Å². The van der Waals surface area contributed by atoms with E-state index in [2.05, 4.69) is 0 Å². The summed E-state index contributed by atoms with van der Waals surface area (Å²) in [5.74, 6) is -0.917. The summed E-state index contributed by atoms with van der Waals surface area (Å²) in [6, 6.07) is 6.42. The molecule has 0 saturated heterocycles. The summed E-state index contributed by atoms with van der Waals surface area (Å²) in [6.07, 6.45) is 1.23. The molecule has 2 aromatic rings. The molecule has 0 aliphatic heterocycles. The van der Waals surface area contributed by atoms with Crippen LogP contribution in [0.3, 0.4) is 0 Å². The van der Waals surface area contributed by atoms with Gasteiger partial charge in [-0.1, -0.05) is 26.0 Å². The summed E-state index contributed by atoms with van der Waals surface area (Å²) in [4.78, 5) is 23.9. The lowest BCUT2D eigenvalue weighted by atomic mass is 10.2. The quantitative estimate of drug-likeness (QED) is 0.777. The van der Waals surface area contributed by atoms with Crippen molar-refractivity contribution in [1.82, 2.24) is 4.57 Å². The molecule has 0 spiro atoms. The van der Waals surface area contributed by atoms with Crippen LogP contribution in [0.15, 0.2) is 33.5 Å². The maximum absolute atomic E-state index is 12.0. The summed E-state index contributed by atoms with van der Waals surface area (Å²) >= 11 is 0. The number of hydrogen-bond donors (Lipinski definition) is 0. The molecule has 0 radical (unpaired) electrons. The van der Waals surface area contributed by atoms with Gasteiger partial charge in [0.15, 0.2) is 5.58 Å². The van der Waals surface area contributed by atoms with Crippen LogP contribution in [0, 0.1) is 0 Å². The van der Waals surface area contributed by atoms with Crippen molar-refractivity contribution < 1.29 is 13.9 Å². The third kappa shape index (κ3) is 2.54. The minimum atomic E-state index is -0.636. The van der Waals surface area contributed by atoms with Crippen LogP contribution in [-0.4, -0.2) is 17.1 Å². The highest BCUT2D eigenvalue weighted by Gasteiger charge is 2.25. The van der Waals surface area contributed by atoms with E-state index in [4.69, 9.17) is 9.15 Å². The Bertz CT molecular complexity index is 626. The molecule has 1 aromatic heterocycles. The smallest absolute Gasteiger partial charge is 0.420 e. The van der Waals surface area contributed by atoms with Gasteiger partial charge in [-0.25, -0.2) is 9.59 Å². The van der Waals surface area contributed by atoms with E-state index in [1.807, 2.05) is 13.8 Å². The summed E-state index contributed by atoms with van der Waals surface area (Å²) in [5, 5.41) is 0. The van der Waals surface area contributed by atoms with E-state index in [1.165, 1.54) is 4.57 Å². The maximum atomic E-state index is 12.0. The Hall–Kier alpha value is -2.04. The van der Waals surface area contributed by atoms with Gasteiger partial charge in [0.25, 0.3) is 0 Å². The van der Waals surface area contributed by atoms with Crippen molar-refractivity contribution >= 4 is 17.1 Å². The van der Waals surface area contributed by atoms with E-state index >= 15 is 0 Å². The number of ether oxygens (including phenoxy) is 1. The van der Waals surface area contributed by atoms with Crippen molar-refractivity contribution in [2.45, 2.75) is 32.7 Å². The van der Waals surface area contributed by atoms with Crippen LogP contribution in [-0.2, 0) is 9.53 Å². The fourth-order valence-electron chi connectivity index (χ4n) is 2.03. The first-order valence-corrected chi connectivity index (χ1v) is 6.45. The molecular formula is C14H17NO4. The number of oxazole rings is 1. The van der Waals surface area contributed by atoms with Crippen molar-refractivity contribution in [3.05, 3.63) is 34.8 Å². The van der Waals surface area contributed by atoms with E-state index in [0.29, 0.717) is 24.1 Å². The lowest BCUT2D eigenvalue weighted by Gasteiger charge is -2.14. The van der Waals surface area contributed by atoms with Crippen LogP contribution in [0.4, 0.5) is 0 Å². The van der Waals surface area contributed by atoms with Crippen LogP contribution in [0.2, 0.25) is 0 Å². The van der Waals surface area contributed by atoms with E-state index < -0.39 is 17.8 Å². The second-order valence-electron chi connectivity index (χ2n) is 4.30. The number of hydrogen-bond acceptors (Lipinski definition) is 4. The van der Waals surface area contributed by atoms with E-state index in [-0.39, 0.29) is 0 Å². The third-order valence-corrected chi connectivity index (χ3v) is 2.94. The van der Waals surface area contributed by atoms with Crippen LogP contribution < -0.4 is 5.76 Å². The second-order valence-corrected chi connectivity index (χ2v) is 4.30. The first-order valence-electron chi connectivity index (χ1n) is 6.45. The molecule has 0 aliphatic rings. The average molecular weight is 263 g/mol. The Morgan fingerprint density at radius 1 is 1.37 bits per heavy atom. The van der Waals surface area contributed by atoms with Crippen LogP contribution in [0.1, 0.15) is 32.7 Å². The molecule has 1 unspecified atom stereocenters. The highest BCUT2D eigenvalue weighted by Crippen LogP contribution is 2.20. The standard InChI is InChI=1S/C14H17NO4/c1-3-9-18-13(16)10(4-2)15-11-7-5-6-8-12(11)19-14(15)17/h5-8,10H,3-4,9H2,1-2H3. The zero-order valence-corrected chi connectivity index (χ0v) is 11.1. The van der Waals surface area contributed by atoms with Gasteiger partial charge in [-0.15, -0.1) is 0 Å². The highest BCUT2D eigenvalue weighted by atomic mass is 16.5. The summed E-state index contributed by atoms with van der Waals surface area (Å²) in [7, 11) is 0. The number of carbonyl (C=O) groups is 1. The van der Waals surface area contributed by atoms with Gasteiger partial charge in [0, 0.05) is 0 Å². The monoisotopic (exact) mass is 263 g/mol. The summed E-state index contributed by atoms with van der Waals surface area (Å²) in [6.45, 7) is 4.12. The van der Waals surface area contributed by atoms with Gasteiger partial charge in [0.05, 0.1) is 12.1 Å². The molecule has 0 bridgehead atoms. The number of esters is 1. The maximum Gasteiger partial charge on any atom is 0.420 e. The number of rotatable bonds is 5. The van der Waals surface area contributed by atoms with Gasteiger partial charge in [0.2, 0.25) is 0 Å². The summed E-state index contributed by atoms with van der Waals surface area (Å²) < 4.78 is 11.6. The Morgan fingerprint density at radius 3 is 2.79 bits per heavy atom. The minimum Gasteiger partial charge on any atom is -0.464 e. The third-order valence-electron chi connectivity index (χ3n) is 2.94. The lowest BCUT2D eigenvalue weighted by Crippen LogP contribution is -2.28. The fourth-order valence-corrected chi connectivity index (χ4v) is 2.03. The first kappa shape index (κ1) is 13.4. The Labute approximate surface area is 110 Å². The Kier molecular flexibility index (Phi) is 4.04. The minimum absolute atomic E-state index is 0.361. The van der Waals surface area contributed by atoms with Gasteiger partial charge in [-0.2, -0.15) is 0 Å². The molecule has 0 aliphatic carbocycles. The van der Waals surface area contributed by atoms with Crippen molar-refractivity contribution in [3.8, 4) is 0 Å². The molecule has 0 N–H and O–H groups in total. The van der Waals surface area contributed by atoms with Gasteiger partial charge < -0.3 is 9.15 Å². The van der Waals surface area contributed by atoms with Gasteiger partial charge in [0.1, 0.15) is 6.04 Å². The zero-order valence-electron chi connectivity index (χ0n) is 11.1.